The van der Waals surface area contributed by atoms with Gasteiger partial charge in [-0.3, -0.25) is 4.79 Å². The molecule has 4 aromatic rings. The van der Waals surface area contributed by atoms with Crippen molar-refractivity contribution >= 4 is 17.4 Å². The van der Waals surface area contributed by atoms with Gasteiger partial charge in [-0.05, 0) is 37.5 Å². The Hall–Kier alpha value is -3.78. The lowest BCUT2D eigenvalue weighted by Gasteiger charge is -2.35. The van der Waals surface area contributed by atoms with Crippen LogP contribution < -0.4 is 10.6 Å². The first-order chi connectivity index (χ1) is 16.5. The summed E-state index contributed by atoms with van der Waals surface area (Å²) >= 11 is 0. The SMILES string of the molecule is CN(C)c1cc(C(=O)N2CCCC[C@@H]2CN)cc(-c2cnn3ccc(-c4ccccc4)nc23)n1. The van der Waals surface area contributed by atoms with Gasteiger partial charge in [-0.15, -0.1) is 0 Å². The summed E-state index contributed by atoms with van der Waals surface area (Å²) in [5.74, 6) is 0.706. The number of nitrogens with two attached hydrogens (primary N) is 1. The number of rotatable bonds is 5. The van der Waals surface area contributed by atoms with Gasteiger partial charge < -0.3 is 15.5 Å². The molecule has 1 aromatic carbocycles. The quantitative estimate of drug-likeness (QED) is 0.495. The number of hydrogen-bond donors (Lipinski definition) is 1. The van der Waals surface area contributed by atoms with Gasteiger partial charge in [0.25, 0.3) is 5.91 Å². The van der Waals surface area contributed by atoms with Crippen LogP contribution in [0.5, 0.6) is 0 Å². The second kappa shape index (κ2) is 9.23. The first-order valence-electron chi connectivity index (χ1n) is 11.7. The molecule has 1 aliphatic heterocycles. The number of amides is 1. The molecule has 0 bridgehead atoms. The number of fused-ring (bicyclic) bond motifs is 1. The highest BCUT2D eigenvalue weighted by atomic mass is 16.2. The third-order valence-electron chi connectivity index (χ3n) is 6.39. The van der Waals surface area contributed by atoms with E-state index in [0.29, 0.717) is 29.3 Å². The average Bonchev–Trinajstić information content (AvgIpc) is 3.32. The molecule has 3 aromatic heterocycles. The van der Waals surface area contributed by atoms with Crippen LogP contribution in [-0.4, -0.2) is 63.6 Å². The van der Waals surface area contributed by atoms with Crippen LogP contribution in [-0.2, 0) is 0 Å². The maximum atomic E-state index is 13.6. The number of piperidine rings is 1. The van der Waals surface area contributed by atoms with Crippen LogP contribution >= 0.6 is 0 Å². The van der Waals surface area contributed by atoms with Crippen molar-refractivity contribution in [3.63, 3.8) is 0 Å². The van der Waals surface area contributed by atoms with E-state index in [1.54, 1.807) is 10.7 Å². The lowest BCUT2D eigenvalue weighted by molar-refractivity contribution is 0.0623. The molecule has 0 saturated carbocycles. The number of likely N-dealkylation sites (tertiary alicyclic amines) is 1. The first kappa shape index (κ1) is 22.0. The van der Waals surface area contributed by atoms with Gasteiger partial charge in [0, 0.05) is 50.6 Å². The lowest BCUT2D eigenvalue weighted by atomic mass is 10.0. The Morgan fingerprint density at radius 1 is 1.09 bits per heavy atom. The van der Waals surface area contributed by atoms with Crippen LogP contribution in [0.4, 0.5) is 5.82 Å². The summed E-state index contributed by atoms with van der Waals surface area (Å²) in [5, 5.41) is 4.48. The molecule has 0 spiro atoms. The van der Waals surface area contributed by atoms with Crippen molar-refractivity contribution in [1.82, 2.24) is 24.5 Å². The molecular weight excluding hydrogens is 426 g/mol. The first-order valence-corrected chi connectivity index (χ1v) is 11.7. The molecule has 5 rings (SSSR count). The molecule has 0 radical (unpaired) electrons. The molecule has 1 saturated heterocycles. The van der Waals surface area contributed by atoms with Crippen molar-refractivity contribution < 1.29 is 4.79 Å². The number of nitrogens with zero attached hydrogens (tertiary/aromatic N) is 6. The van der Waals surface area contributed by atoms with Gasteiger partial charge in [-0.1, -0.05) is 30.3 Å². The minimum atomic E-state index is -0.00342. The van der Waals surface area contributed by atoms with Crippen LogP contribution in [0, 0.1) is 0 Å². The molecule has 1 fully saturated rings. The van der Waals surface area contributed by atoms with E-state index in [0.717, 1.165) is 42.6 Å². The number of pyridine rings is 1. The molecule has 1 aliphatic rings. The minimum Gasteiger partial charge on any atom is -0.363 e. The maximum absolute atomic E-state index is 13.6. The van der Waals surface area contributed by atoms with Crippen molar-refractivity contribution in [3.05, 3.63) is 66.5 Å². The smallest absolute Gasteiger partial charge is 0.254 e. The van der Waals surface area contributed by atoms with Crippen molar-refractivity contribution in [2.45, 2.75) is 25.3 Å². The molecule has 174 valence electrons. The topological polar surface area (TPSA) is 92.7 Å². The molecule has 0 aliphatic carbocycles. The number of carbonyl (C=O) groups is 1. The molecule has 4 heterocycles. The predicted octanol–water partition coefficient (Wildman–Crippen LogP) is 3.48. The number of carbonyl (C=O) groups excluding carboxylic acids is 1. The Kier molecular flexibility index (Phi) is 5.98. The van der Waals surface area contributed by atoms with E-state index in [2.05, 4.69) is 5.10 Å². The molecule has 8 nitrogen and oxygen atoms in total. The van der Waals surface area contributed by atoms with Gasteiger partial charge in [-0.25, -0.2) is 14.5 Å². The normalized spacial score (nSPS) is 16.1. The third kappa shape index (κ3) is 4.12. The largest absolute Gasteiger partial charge is 0.363 e. The van der Waals surface area contributed by atoms with E-state index >= 15 is 0 Å². The van der Waals surface area contributed by atoms with Crippen molar-refractivity contribution in [2.24, 2.45) is 5.73 Å². The Morgan fingerprint density at radius 3 is 2.68 bits per heavy atom. The standard InChI is InChI=1S/C26H29N7O/c1-31(2)24-15-19(26(34)32-12-7-6-10-20(32)16-27)14-23(29-24)21-17-28-33-13-11-22(30-25(21)33)18-8-4-3-5-9-18/h3-5,8-9,11,13-15,17,20H,6-7,10,12,16,27H2,1-2H3/t20-/m1/s1. The summed E-state index contributed by atoms with van der Waals surface area (Å²) in [6.45, 7) is 1.21. The molecule has 34 heavy (non-hydrogen) atoms. The fraction of sp³-hybridized carbons (Fsp3) is 0.308. The molecule has 1 atom stereocenters. The van der Waals surface area contributed by atoms with Gasteiger partial charge in [-0.2, -0.15) is 5.10 Å². The molecule has 8 heteroatoms. The number of benzene rings is 1. The zero-order valence-corrected chi connectivity index (χ0v) is 19.6. The summed E-state index contributed by atoms with van der Waals surface area (Å²) in [6, 6.07) is 15.8. The van der Waals surface area contributed by atoms with Gasteiger partial charge in [0.2, 0.25) is 0 Å². The fourth-order valence-corrected chi connectivity index (χ4v) is 4.50. The Morgan fingerprint density at radius 2 is 1.91 bits per heavy atom. The van der Waals surface area contributed by atoms with Crippen LogP contribution in [0.3, 0.4) is 0 Å². The summed E-state index contributed by atoms with van der Waals surface area (Å²) < 4.78 is 1.74. The summed E-state index contributed by atoms with van der Waals surface area (Å²) in [6.07, 6.45) is 6.71. The van der Waals surface area contributed by atoms with E-state index in [1.807, 2.05) is 78.6 Å². The van der Waals surface area contributed by atoms with E-state index < -0.39 is 0 Å². The summed E-state index contributed by atoms with van der Waals surface area (Å²) in [4.78, 5) is 27.1. The number of aromatic nitrogens is 4. The predicted molar refractivity (Wildman–Crippen MR) is 134 cm³/mol. The second-order valence-corrected chi connectivity index (χ2v) is 8.88. The molecule has 1 amide bonds. The number of hydrogen-bond acceptors (Lipinski definition) is 6. The van der Waals surface area contributed by atoms with E-state index in [-0.39, 0.29) is 11.9 Å². The second-order valence-electron chi connectivity index (χ2n) is 8.88. The third-order valence-corrected chi connectivity index (χ3v) is 6.39. The van der Waals surface area contributed by atoms with Crippen molar-refractivity contribution in [3.8, 4) is 22.5 Å². The van der Waals surface area contributed by atoms with Gasteiger partial charge in [0.05, 0.1) is 23.1 Å². The van der Waals surface area contributed by atoms with Crippen LogP contribution in [0.1, 0.15) is 29.6 Å². The Balaban J connectivity index is 1.60. The van der Waals surface area contributed by atoms with Crippen LogP contribution in [0.2, 0.25) is 0 Å². The molecule has 0 unspecified atom stereocenters. The monoisotopic (exact) mass is 455 g/mol. The van der Waals surface area contributed by atoms with Crippen molar-refractivity contribution in [2.75, 3.05) is 32.1 Å². The van der Waals surface area contributed by atoms with E-state index in [9.17, 15) is 4.79 Å². The highest BCUT2D eigenvalue weighted by molar-refractivity contribution is 5.97. The Bertz CT molecular complexity index is 1320. The van der Waals surface area contributed by atoms with Gasteiger partial charge in [0.1, 0.15) is 5.82 Å². The minimum absolute atomic E-state index is 0.00342. The molecule has 2 N–H and O–H groups in total. The maximum Gasteiger partial charge on any atom is 0.254 e. The summed E-state index contributed by atoms with van der Waals surface area (Å²) in [5.41, 5.74) is 10.6. The van der Waals surface area contributed by atoms with Gasteiger partial charge in [0.15, 0.2) is 5.65 Å². The van der Waals surface area contributed by atoms with Crippen LogP contribution in [0.15, 0.2) is 60.9 Å². The summed E-state index contributed by atoms with van der Waals surface area (Å²) in [7, 11) is 3.84. The lowest BCUT2D eigenvalue weighted by Crippen LogP contribution is -2.47. The zero-order valence-electron chi connectivity index (χ0n) is 19.6. The zero-order chi connectivity index (χ0) is 23.7. The van der Waals surface area contributed by atoms with E-state index in [1.165, 1.54) is 0 Å². The average molecular weight is 456 g/mol. The Labute approximate surface area is 199 Å². The van der Waals surface area contributed by atoms with Crippen LogP contribution in [0.25, 0.3) is 28.2 Å². The molecular formula is C26H29N7O. The van der Waals surface area contributed by atoms with Crippen molar-refractivity contribution in [1.29, 1.82) is 0 Å². The number of anilines is 1. The van der Waals surface area contributed by atoms with Gasteiger partial charge >= 0.3 is 0 Å². The highest BCUT2D eigenvalue weighted by Crippen LogP contribution is 2.28. The van der Waals surface area contributed by atoms with E-state index in [4.69, 9.17) is 15.7 Å². The highest BCUT2D eigenvalue weighted by Gasteiger charge is 2.27. The fourth-order valence-electron chi connectivity index (χ4n) is 4.50.